The summed E-state index contributed by atoms with van der Waals surface area (Å²) in [6.07, 6.45) is 0.589. The molecule has 0 radical (unpaired) electrons. The van der Waals surface area contributed by atoms with Gasteiger partial charge in [0.1, 0.15) is 17.4 Å². The number of fused-ring (bicyclic) bond motifs is 1. The highest BCUT2D eigenvalue weighted by atomic mass is 32.2. The van der Waals surface area contributed by atoms with E-state index in [4.69, 9.17) is 9.72 Å². The van der Waals surface area contributed by atoms with Crippen molar-refractivity contribution in [1.82, 2.24) is 13.9 Å². The topological polar surface area (TPSA) is 81.5 Å². The number of halogens is 1. The van der Waals surface area contributed by atoms with E-state index in [1.165, 1.54) is 21.0 Å². The molecular weight excluding hydrogens is 505 g/mol. The second-order valence-corrected chi connectivity index (χ2v) is 11.4. The first kappa shape index (κ1) is 27.5. The number of rotatable bonds is 10. The Labute approximate surface area is 222 Å². The molecule has 4 aromatic rings. The van der Waals surface area contributed by atoms with Gasteiger partial charge in [0.05, 0.1) is 34.1 Å². The van der Waals surface area contributed by atoms with Crippen molar-refractivity contribution in [3.63, 3.8) is 0 Å². The van der Waals surface area contributed by atoms with Crippen LogP contribution in [0.2, 0.25) is 0 Å². The summed E-state index contributed by atoms with van der Waals surface area (Å²) < 4.78 is 49.7. The van der Waals surface area contributed by atoms with E-state index in [1.807, 2.05) is 20.8 Å². The van der Waals surface area contributed by atoms with Gasteiger partial charge in [-0.15, -0.1) is 0 Å². The predicted molar refractivity (Wildman–Crippen MR) is 147 cm³/mol. The van der Waals surface area contributed by atoms with Gasteiger partial charge in [-0.1, -0.05) is 26.0 Å². The fourth-order valence-corrected chi connectivity index (χ4v) is 5.92. The normalized spacial score (nSPS) is 12.8. The molecule has 200 valence electrons. The molecule has 38 heavy (non-hydrogen) atoms. The van der Waals surface area contributed by atoms with Gasteiger partial charge in [0, 0.05) is 6.54 Å². The molecule has 9 heteroatoms. The first-order valence-electron chi connectivity index (χ1n) is 12.7. The van der Waals surface area contributed by atoms with Crippen LogP contribution in [0.1, 0.15) is 46.0 Å². The van der Waals surface area contributed by atoms with E-state index < -0.39 is 21.9 Å². The average Bonchev–Trinajstić information content (AvgIpc) is 2.89. The van der Waals surface area contributed by atoms with Gasteiger partial charge in [0.2, 0.25) is 10.0 Å². The van der Waals surface area contributed by atoms with Gasteiger partial charge < -0.3 is 4.74 Å². The quantitative estimate of drug-likeness (QED) is 0.258. The van der Waals surface area contributed by atoms with Crippen molar-refractivity contribution in [3.05, 3.63) is 94.8 Å². The smallest absolute Gasteiger partial charge is 0.266 e. The molecule has 0 aliphatic heterocycles. The van der Waals surface area contributed by atoms with Crippen molar-refractivity contribution in [1.29, 1.82) is 0 Å². The molecule has 0 saturated heterocycles. The van der Waals surface area contributed by atoms with E-state index >= 15 is 0 Å². The maximum atomic E-state index is 13.9. The maximum absolute atomic E-state index is 13.9. The van der Waals surface area contributed by atoms with E-state index in [9.17, 15) is 17.6 Å². The number of sulfonamides is 1. The minimum atomic E-state index is -4.05. The van der Waals surface area contributed by atoms with Crippen LogP contribution in [-0.2, 0) is 10.0 Å². The fraction of sp³-hybridized carbons (Fsp3) is 0.310. The van der Waals surface area contributed by atoms with Gasteiger partial charge in [-0.2, -0.15) is 4.31 Å². The Hall–Kier alpha value is -3.56. The molecule has 1 atom stereocenters. The molecule has 3 aromatic carbocycles. The van der Waals surface area contributed by atoms with Gasteiger partial charge in [0.15, 0.2) is 0 Å². The minimum absolute atomic E-state index is 0.0229. The number of ether oxygens (including phenoxy) is 1. The summed E-state index contributed by atoms with van der Waals surface area (Å²) in [4.78, 5) is 18.6. The SMILES string of the molecule is CCOc1ccc(-n2c(C(C)N(CCC(C)C)S(=O)(=O)c3ccc(F)cc3)nc3ccccc3c2=O)cc1. The lowest BCUT2D eigenvalue weighted by molar-refractivity contribution is 0.308. The Morgan fingerprint density at radius 1 is 0.974 bits per heavy atom. The summed E-state index contributed by atoms with van der Waals surface area (Å²) in [5.74, 6) is 0.648. The van der Waals surface area contributed by atoms with Crippen molar-refractivity contribution in [3.8, 4) is 11.4 Å². The fourth-order valence-electron chi connectivity index (χ4n) is 4.32. The standard InChI is InChI=1S/C29H32FN3O4S/c1-5-37-24-14-12-23(13-15-24)33-28(31-27-9-7-6-8-26(27)29(33)34)21(4)32(19-18-20(2)3)38(35,36)25-16-10-22(30)11-17-25/h6-17,20-21H,5,18-19H2,1-4H3. The first-order valence-corrected chi connectivity index (χ1v) is 14.1. The van der Waals surface area contributed by atoms with Crippen LogP contribution >= 0.6 is 0 Å². The summed E-state index contributed by atoms with van der Waals surface area (Å²) in [7, 11) is -4.05. The van der Waals surface area contributed by atoms with Crippen molar-refractivity contribution >= 4 is 20.9 Å². The second kappa shape index (κ2) is 11.4. The number of para-hydroxylation sites is 1. The summed E-state index contributed by atoms with van der Waals surface area (Å²) in [5.41, 5.74) is 0.718. The number of nitrogens with zero attached hydrogens (tertiary/aromatic N) is 3. The molecule has 0 aliphatic carbocycles. The van der Waals surface area contributed by atoms with Crippen molar-refractivity contribution in [2.45, 2.75) is 45.1 Å². The zero-order valence-electron chi connectivity index (χ0n) is 22.0. The van der Waals surface area contributed by atoms with Crippen LogP contribution in [0.15, 0.2) is 82.5 Å². The molecule has 0 fully saturated rings. The Balaban J connectivity index is 1.92. The minimum Gasteiger partial charge on any atom is -0.494 e. The largest absolute Gasteiger partial charge is 0.494 e. The van der Waals surface area contributed by atoms with Gasteiger partial charge in [-0.3, -0.25) is 9.36 Å². The molecule has 0 saturated carbocycles. The summed E-state index contributed by atoms with van der Waals surface area (Å²) in [5, 5.41) is 0.424. The summed E-state index contributed by atoms with van der Waals surface area (Å²) in [6.45, 7) is 8.34. The van der Waals surface area contributed by atoms with Crippen LogP contribution in [0.3, 0.4) is 0 Å². The van der Waals surface area contributed by atoms with E-state index in [1.54, 1.807) is 55.5 Å². The van der Waals surface area contributed by atoms with E-state index in [0.717, 1.165) is 12.1 Å². The van der Waals surface area contributed by atoms with Crippen LogP contribution in [-0.4, -0.2) is 35.4 Å². The van der Waals surface area contributed by atoms with Crippen molar-refractivity contribution in [2.24, 2.45) is 5.92 Å². The highest BCUT2D eigenvalue weighted by Gasteiger charge is 2.33. The van der Waals surface area contributed by atoms with Crippen LogP contribution in [0.5, 0.6) is 5.75 Å². The molecule has 7 nitrogen and oxygen atoms in total. The first-order chi connectivity index (χ1) is 18.1. The van der Waals surface area contributed by atoms with E-state index in [-0.39, 0.29) is 28.7 Å². The van der Waals surface area contributed by atoms with Crippen LogP contribution in [0, 0.1) is 11.7 Å². The lowest BCUT2D eigenvalue weighted by Crippen LogP contribution is -2.38. The molecule has 0 aliphatic rings. The monoisotopic (exact) mass is 537 g/mol. The number of hydrogen-bond donors (Lipinski definition) is 0. The lowest BCUT2D eigenvalue weighted by atomic mass is 10.1. The molecule has 1 unspecified atom stereocenters. The zero-order chi connectivity index (χ0) is 27.4. The third-order valence-corrected chi connectivity index (χ3v) is 8.34. The number of hydrogen-bond acceptors (Lipinski definition) is 5. The van der Waals surface area contributed by atoms with Crippen LogP contribution < -0.4 is 10.3 Å². The van der Waals surface area contributed by atoms with E-state index in [2.05, 4.69) is 0 Å². The lowest BCUT2D eigenvalue weighted by Gasteiger charge is -2.30. The molecule has 4 rings (SSSR count). The molecule has 0 bridgehead atoms. The second-order valence-electron chi connectivity index (χ2n) is 9.48. The predicted octanol–water partition coefficient (Wildman–Crippen LogP) is 5.72. The molecule has 0 spiro atoms. The Morgan fingerprint density at radius 2 is 1.63 bits per heavy atom. The van der Waals surface area contributed by atoms with E-state index in [0.29, 0.717) is 35.4 Å². The van der Waals surface area contributed by atoms with Crippen molar-refractivity contribution in [2.75, 3.05) is 13.2 Å². The molecule has 1 aromatic heterocycles. The molecule has 0 N–H and O–H groups in total. The maximum Gasteiger partial charge on any atom is 0.266 e. The molecule has 1 heterocycles. The highest BCUT2D eigenvalue weighted by Crippen LogP contribution is 2.30. The Kier molecular flexibility index (Phi) is 8.28. The Morgan fingerprint density at radius 3 is 2.26 bits per heavy atom. The third kappa shape index (κ3) is 5.63. The van der Waals surface area contributed by atoms with Gasteiger partial charge in [0.25, 0.3) is 5.56 Å². The summed E-state index contributed by atoms with van der Waals surface area (Å²) in [6, 6.07) is 18.0. The number of benzene rings is 3. The molecular formula is C29H32FN3O4S. The zero-order valence-corrected chi connectivity index (χ0v) is 22.8. The van der Waals surface area contributed by atoms with Gasteiger partial charge in [-0.25, -0.2) is 17.8 Å². The van der Waals surface area contributed by atoms with Gasteiger partial charge in [-0.05, 0) is 86.8 Å². The summed E-state index contributed by atoms with van der Waals surface area (Å²) >= 11 is 0. The van der Waals surface area contributed by atoms with Crippen LogP contribution in [0.4, 0.5) is 4.39 Å². The molecule has 0 amide bonds. The van der Waals surface area contributed by atoms with Gasteiger partial charge >= 0.3 is 0 Å². The van der Waals surface area contributed by atoms with Crippen molar-refractivity contribution < 1.29 is 17.5 Å². The van der Waals surface area contributed by atoms with Crippen LogP contribution in [0.25, 0.3) is 16.6 Å². The highest BCUT2D eigenvalue weighted by molar-refractivity contribution is 7.89. The Bertz CT molecular complexity index is 1570. The average molecular weight is 538 g/mol. The third-order valence-electron chi connectivity index (χ3n) is 6.36. The number of aromatic nitrogens is 2.